The van der Waals surface area contributed by atoms with Crippen LogP contribution in [-0.4, -0.2) is 56.7 Å². The van der Waals surface area contributed by atoms with Crippen molar-refractivity contribution in [2.24, 2.45) is 0 Å². The van der Waals surface area contributed by atoms with E-state index in [1.165, 1.54) is 28.6 Å². The molecule has 0 saturated carbocycles. The van der Waals surface area contributed by atoms with Crippen LogP contribution in [0.25, 0.3) is 0 Å². The highest BCUT2D eigenvalue weighted by Gasteiger charge is 2.21. The molecule has 0 saturated heterocycles. The Labute approximate surface area is 198 Å². The van der Waals surface area contributed by atoms with Crippen LogP contribution < -0.4 is 10.6 Å². The van der Waals surface area contributed by atoms with Gasteiger partial charge in [-0.25, -0.2) is 8.42 Å². The summed E-state index contributed by atoms with van der Waals surface area (Å²) in [5.74, 6) is -1.87. The molecule has 0 spiro atoms. The molecular weight excluding hydrogens is 470 g/mol. The summed E-state index contributed by atoms with van der Waals surface area (Å²) in [4.78, 5) is 35.9. The van der Waals surface area contributed by atoms with Crippen molar-refractivity contribution in [1.82, 2.24) is 14.9 Å². The van der Waals surface area contributed by atoms with E-state index in [9.17, 15) is 22.8 Å². The summed E-state index contributed by atoms with van der Waals surface area (Å²) < 4.78 is 31.1. The molecule has 0 aliphatic heterocycles. The van der Waals surface area contributed by atoms with E-state index in [0.29, 0.717) is 18.1 Å². The number of hydrogen-bond donors (Lipinski definition) is 2. The first-order valence-corrected chi connectivity index (χ1v) is 12.0. The zero-order valence-corrected chi connectivity index (χ0v) is 19.9. The number of nitrogens with zero attached hydrogens (tertiary/aromatic N) is 1. The minimum Gasteiger partial charge on any atom is -0.454 e. The van der Waals surface area contributed by atoms with Crippen molar-refractivity contribution in [2.75, 3.05) is 26.2 Å². The molecule has 0 atom stereocenters. The summed E-state index contributed by atoms with van der Waals surface area (Å²) in [5, 5.41) is 5.51. The van der Waals surface area contributed by atoms with Gasteiger partial charge in [-0.3, -0.25) is 14.4 Å². The minimum absolute atomic E-state index is 0.0750. The molecule has 2 amide bonds. The van der Waals surface area contributed by atoms with Crippen LogP contribution in [0, 0.1) is 0 Å². The van der Waals surface area contributed by atoms with E-state index in [1.54, 1.807) is 38.1 Å². The first-order chi connectivity index (χ1) is 15.7. The molecule has 0 radical (unpaired) electrons. The van der Waals surface area contributed by atoms with Gasteiger partial charge in [-0.15, -0.1) is 0 Å². The van der Waals surface area contributed by atoms with Gasteiger partial charge in [0.25, 0.3) is 11.8 Å². The quantitative estimate of drug-likeness (QED) is 0.459. The van der Waals surface area contributed by atoms with Crippen LogP contribution in [0.4, 0.5) is 0 Å². The third-order valence-corrected chi connectivity index (χ3v) is 6.90. The van der Waals surface area contributed by atoms with E-state index >= 15 is 0 Å². The topological polar surface area (TPSA) is 122 Å². The Morgan fingerprint density at radius 2 is 1.67 bits per heavy atom. The van der Waals surface area contributed by atoms with E-state index < -0.39 is 41.0 Å². The molecule has 2 aromatic carbocycles. The van der Waals surface area contributed by atoms with E-state index in [4.69, 9.17) is 16.3 Å². The van der Waals surface area contributed by atoms with Gasteiger partial charge in [0, 0.05) is 30.2 Å². The summed E-state index contributed by atoms with van der Waals surface area (Å²) in [6.07, 6.45) is 0. The summed E-state index contributed by atoms with van der Waals surface area (Å²) in [7, 11) is -3.63. The molecule has 0 aliphatic carbocycles. The second-order valence-corrected chi connectivity index (χ2v) is 9.24. The average molecular weight is 496 g/mol. The summed E-state index contributed by atoms with van der Waals surface area (Å²) >= 11 is 5.87. The number of halogens is 1. The van der Waals surface area contributed by atoms with Crippen molar-refractivity contribution in [3.05, 3.63) is 64.7 Å². The standard InChI is InChI=1S/C22H26ClN3O6S/c1-3-26(4-2)33(30,31)19-10-8-17(9-11-19)22(29)25-14-21(28)32-15-20(27)24-13-16-6-5-7-18(23)12-16/h5-12H,3-4,13-15H2,1-2H3,(H,24,27)(H,25,29). The average Bonchev–Trinajstić information content (AvgIpc) is 2.80. The van der Waals surface area contributed by atoms with Gasteiger partial charge in [-0.1, -0.05) is 37.6 Å². The first-order valence-electron chi connectivity index (χ1n) is 10.2. The molecule has 2 rings (SSSR count). The highest BCUT2D eigenvalue weighted by Crippen LogP contribution is 2.16. The van der Waals surface area contributed by atoms with Crippen molar-refractivity contribution in [3.63, 3.8) is 0 Å². The van der Waals surface area contributed by atoms with Crippen molar-refractivity contribution in [2.45, 2.75) is 25.3 Å². The molecule has 0 aliphatic rings. The highest BCUT2D eigenvalue weighted by atomic mass is 35.5. The number of benzene rings is 2. The van der Waals surface area contributed by atoms with Crippen molar-refractivity contribution < 1.29 is 27.5 Å². The maximum Gasteiger partial charge on any atom is 0.325 e. The Hall–Kier alpha value is -2.95. The minimum atomic E-state index is -3.63. The van der Waals surface area contributed by atoms with Gasteiger partial charge in [-0.05, 0) is 42.0 Å². The first kappa shape index (κ1) is 26.3. The molecule has 0 heterocycles. The Kier molecular flexibility index (Phi) is 9.83. The second kappa shape index (κ2) is 12.3. The number of hydrogen-bond acceptors (Lipinski definition) is 6. The Morgan fingerprint density at radius 3 is 2.27 bits per heavy atom. The van der Waals surface area contributed by atoms with Crippen molar-refractivity contribution in [3.8, 4) is 0 Å². The number of carbonyl (C=O) groups is 3. The van der Waals surface area contributed by atoms with Gasteiger partial charge in [-0.2, -0.15) is 4.31 Å². The van der Waals surface area contributed by atoms with E-state index in [0.717, 1.165) is 5.56 Å². The molecule has 0 unspecified atom stereocenters. The maximum atomic E-state index is 12.5. The van der Waals surface area contributed by atoms with Crippen LogP contribution in [-0.2, 0) is 30.9 Å². The highest BCUT2D eigenvalue weighted by molar-refractivity contribution is 7.89. The normalized spacial score (nSPS) is 11.2. The lowest BCUT2D eigenvalue weighted by atomic mass is 10.2. The lowest BCUT2D eigenvalue weighted by Crippen LogP contribution is -2.34. The van der Waals surface area contributed by atoms with Gasteiger partial charge in [0.2, 0.25) is 10.0 Å². The van der Waals surface area contributed by atoms with Crippen LogP contribution in [0.2, 0.25) is 5.02 Å². The number of esters is 1. The summed E-state index contributed by atoms with van der Waals surface area (Å²) in [6.45, 7) is 3.44. The molecule has 9 nitrogen and oxygen atoms in total. The van der Waals surface area contributed by atoms with E-state index in [2.05, 4.69) is 10.6 Å². The number of nitrogens with one attached hydrogen (secondary N) is 2. The van der Waals surface area contributed by atoms with Crippen molar-refractivity contribution in [1.29, 1.82) is 0 Å². The SMILES string of the molecule is CCN(CC)S(=O)(=O)c1ccc(C(=O)NCC(=O)OCC(=O)NCc2cccc(Cl)c2)cc1. The molecule has 0 bridgehead atoms. The number of sulfonamides is 1. The Morgan fingerprint density at radius 1 is 1.00 bits per heavy atom. The monoisotopic (exact) mass is 495 g/mol. The van der Waals surface area contributed by atoms with Gasteiger partial charge in [0.1, 0.15) is 6.54 Å². The Bertz CT molecular complexity index is 1090. The third-order valence-electron chi connectivity index (χ3n) is 4.60. The van der Waals surface area contributed by atoms with Crippen LogP contribution >= 0.6 is 11.6 Å². The van der Waals surface area contributed by atoms with Crippen LogP contribution in [0.3, 0.4) is 0 Å². The van der Waals surface area contributed by atoms with Crippen molar-refractivity contribution >= 4 is 39.4 Å². The fourth-order valence-corrected chi connectivity index (χ4v) is 4.51. The van der Waals surface area contributed by atoms with Gasteiger partial charge < -0.3 is 15.4 Å². The lowest BCUT2D eigenvalue weighted by molar-refractivity contribution is -0.147. The van der Waals surface area contributed by atoms with Crippen LogP contribution in [0.15, 0.2) is 53.4 Å². The maximum absolute atomic E-state index is 12.5. The van der Waals surface area contributed by atoms with Crippen LogP contribution in [0.5, 0.6) is 0 Å². The van der Waals surface area contributed by atoms with E-state index in [1.807, 2.05) is 0 Å². The summed E-state index contributed by atoms with van der Waals surface area (Å²) in [5.41, 5.74) is 0.978. The fourth-order valence-electron chi connectivity index (χ4n) is 2.84. The molecule has 2 N–H and O–H groups in total. The molecule has 2 aromatic rings. The summed E-state index contributed by atoms with van der Waals surface area (Å²) in [6, 6.07) is 12.4. The number of ether oxygens (including phenoxy) is 1. The molecular formula is C22H26ClN3O6S. The lowest BCUT2D eigenvalue weighted by Gasteiger charge is -2.18. The molecule has 178 valence electrons. The molecule has 0 fully saturated rings. The predicted octanol–water partition coefficient (Wildman–Crippen LogP) is 1.96. The second-order valence-electron chi connectivity index (χ2n) is 6.86. The number of carbonyl (C=O) groups excluding carboxylic acids is 3. The largest absolute Gasteiger partial charge is 0.454 e. The fraction of sp³-hybridized carbons (Fsp3) is 0.318. The van der Waals surface area contributed by atoms with Gasteiger partial charge in [0.05, 0.1) is 4.90 Å². The van der Waals surface area contributed by atoms with Crippen LogP contribution in [0.1, 0.15) is 29.8 Å². The Balaban J connectivity index is 1.78. The zero-order chi connectivity index (χ0) is 24.4. The number of rotatable bonds is 11. The number of amides is 2. The third kappa shape index (κ3) is 7.85. The van der Waals surface area contributed by atoms with Gasteiger partial charge in [0.15, 0.2) is 6.61 Å². The smallest absolute Gasteiger partial charge is 0.325 e. The van der Waals surface area contributed by atoms with E-state index in [-0.39, 0.29) is 17.0 Å². The predicted molar refractivity (Wildman–Crippen MR) is 123 cm³/mol. The molecule has 0 aromatic heterocycles. The molecule has 11 heteroatoms. The molecule has 33 heavy (non-hydrogen) atoms. The zero-order valence-electron chi connectivity index (χ0n) is 18.3. The van der Waals surface area contributed by atoms with Gasteiger partial charge >= 0.3 is 5.97 Å².